The number of hydrogen-bond acceptors (Lipinski definition) is 6. The Kier molecular flexibility index (Phi) is 5.48. The highest BCUT2D eigenvalue weighted by molar-refractivity contribution is 7.89. The maximum absolute atomic E-state index is 12.9. The van der Waals surface area contributed by atoms with Crippen molar-refractivity contribution in [2.24, 2.45) is 0 Å². The summed E-state index contributed by atoms with van der Waals surface area (Å²) in [6.45, 7) is 3.60. The molecule has 152 valence electrons. The molecule has 0 unspecified atom stereocenters. The van der Waals surface area contributed by atoms with E-state index in [1.165, 1.54) is 13.2 Å². The molecule has 0 bridgehead atoms. The van der Waals surface area contributed by atoms with Gasteiger partial charge >= 0.3 is 5.97 Å². The molecule has 0 radical (unpaired) electrons. The minimum Gasteiger partial charge on any atom is -0.465 e. The Morgan fingerprint density at radius 3 is 2.48 bits per heavy atom. The normalized spacial score (nSPS) is 11.4. The summed E-state index contributed by atoms with van der Waals surface area (Å²) in [6.07, 6.45) is 1.10. The smallest absolute Gasteiger partial charge is 0.338 e. The van der Waals surface area contributed by atoms with E-state index >= 15 is 0 Å². The average molecular weight is 415 g/mol. The summed E-state index contributed by atoms with van der Waals surface area (Å²) >= 11 is 0. The minimum atomic E-state index is -3.40. The van der Waals surface area contributed by atoms with Crippen molar-refractivity contribution in [3.05, 3.63) is 64.4 Å². The first-order valence-corrected chi connectivity index (χ1v) is 10.9. The van der Waals surface area contributed by atoms with Gasteiger partial charge in [-0.3, -0.25) is 4.79 Å². The predicted molar refractivity (Wildman–Crippen MR) is 110 cm³/mol. The Balaban J connectivity index is 2.04. The number of rotatable bonds is 5. The summed E-state index contributed by atoms with van der Waals surface area (Å²) < 4.78 is 34.2. The van der Waals surface area contributed by atoms with E-state index in [1.807, 2.05) is 6.92 Å². The van der Waals surface area contributed by atoms with Crippen LogP contribution < -0.4 is 5.32 Å². The lowest BCUT2D eigenvalue weighted by Crippen LogP contribution is -2.15. The van der Waals surface area contributed by atoms with Gasteiger partial charge in [-0.2, -0.15) is 0 Å². The zero-order chi connectivity index (χ0) is 21.3. The standard InChI is InChI=1S/C21H21NO6S/c1-12-9-14(10-16(13(12)2)21(24)27-3)22-20(23)19-17(11-29(4,25)26)15-7-5-6-8-18(15)28-19/h5-10H,11H2,1-4H3,(H,22,23). The number of fused-ring (bicyclic) bond motifs is 1. The highest BCUT2D eigenvalue weighted by Gasteiger charge is 2.24. The van der Waals surface area contributed by atoms with Gasteiger partial charge in [-0.1, -0.05) is 18.2 Å². The molecule has 0 saturated heterocycles. The van der Waals surface area contributed by atoms with Gasteiger partial charge in [0, 0.05) is 22.9 Å². The molecule has 1 amide bonds. The Hall–Kier alpha value is -3.13. The van der Waals surface area contributed by atoms with E-state index in [9.17, 15) is 18.0 Å². The fourth-order valence-corrected chi connectivity index (χ4v) is 3.94. The van der Waals surface area contributed by atoms with E-state index in [0.717, 1.165) is 17.4 Å². The van der Waals surface area contributed by atoms with Crippen LogP contribution in [-0.2, 0) is 20.3 Å². The van der Waals surface area contributed by atoms with Crippen LogP contribution in [0.1, 0.15) is 37.6 Å². The monoisotopic (exact) mass is 415 g/mol. The second kappa shape index (κ2) is 7.71. The van der Waals surface area contributed by atoms with Crippen molar-refractivity contribution >= 4 is 38.4 Å². The largest absolute Gasteiger partial charge is 0.465 e. The highest BCUT2D eigenvalue weighted by Crippen LogP contribution is 2.29. The maximum atomic E-state index is 12.9. The number of aryl methyl sites for hydroxylation is 1. The Morgan fingerprint density at radius 1 is 1.14 bits per heavy atom. The number of anilines is 1. The molecule has 3 aromatic rings. The van der Waals surface area contributed by atoms with E-state index in [2.05, 4.69) is 5.32 Å². The molecule has 7 nitrogen and oxygen atoms in total. The van der Waals surface area contributed by atoms with Crippen molar-refractivity contribution in [3.63, 3.8) is 0 Å². The van der Waals surface area contributed by atoms with Gasteiger partial charge in [0.15, 0.2) is 15.6 Å². The lowest BCUT2D eigenvalue weighted by Gasteiger charge is -2.11. The molecule has 0 aliphatic rings. The van der Waals surface area contributed by atoms with Gasteiger partial charge in [-0.15, -0.1) is 0 Å². The van der Waals surface area contributed by atoms with Crippen LogP contribution in [0.25, 0.3) is 11.0 Å². The lowest BCUT2D eigenvalue weighted by molar-refractivity contribution is 0.0599. The maximum Gasteiger partial charge on any atom is 0.338 e. The second-order valence-corrected chi connectivity index (χ2v) is 9.03. The fourth-order valence-electron chi connectivity index (χ4n) is 3.13. The number of furan rings is 1. The van der Waals surface area contributed by atoms with Crippen molar-refractivity contribution in [2.45, 2.75) is 19.6 Å². The second-order valence-electron chi connectivity index (χ2n) is 6.89. The summed E-state index contributed by atoms with van der Waals surface area (Å²) in [6, 6.07) is 10.1. The zero-order valence-corrected chi connectivity index (χ0v) is 17.3. The van der Waals surface area contributed by atoms with Crippen molar-refractivity contribution < 1.29 is 27.2 Å². The first-order valence-electron chi connectivity index (χ1n) is 8.79. The van der Waals surface area contributed by atoms with Crippen LogP contribution >= 0.6 is 0 Å². The van der Waals surface area contributed by atoms with Gasteiger partial charge in [0.2, 0.25) is 0 Å². The highest BCUT2D eigenvalue weighted by atomic mass is 32.2. The van der Waals surface area contributed by atoms with Gasteiger partial charge < -0.3 is 14.5 Å². The third-order valence-corrected chi connectivity index (χ3v) is 5.45. The minimum absolute atomic E-state index is 0.0746. The molecule has 0 atom stereocenters. The van der Waals surface area contributed by atoms with E-state index in [-0.39, 0.29) is 11.5 Å². The van der Waals surface area contributed by atoms with Crippen LogP contribution in [0.2, 0.25) is 0 Å². The number of para-hydroxylation sites is 1. The Morgan fingerprint density at radius 2 is 1.83 bits per heavy atom. The van der Waals surface area contributed by atoms with E-state index < -0.39 is 21.7 Å². The summed E-state index contributed by atoms with van der Waals surface area (Å²) in [7, 11) is -2.12. The number of nitrogens with one attached hydrogen (secondary N) is 1. The van der Waals surface area contributed by atoms with Gasteiger partial charge in [0.25, 0.3) is 5.91 Å². The van der Waals surface area contributed by atoms with E-state index in [1.54, 1.807) is 37.3 Å². The molecular weight excluding hydrogens is 394 g/mol. The van der Waals surface area contributed by atoms with Crippen LogP contribution in [0.15, 0.2) is 40.8 Å². The molecule has 0 spiro atoms. The molecular formula is C21H21NO6S. The number of sulfone groups is 1. The third kappa shape index (κ3) is 4.32. The van der Waals surface area contributed by atoms with E-state index in [0.29, 0.717) is 27.8 Å². The topological polar surface area (TPSA) is 103 Å². The number of ether oxygens (including phenoxy) is 1. The van der Waals surface area contributed by atoms with Gasteiger partial charge in [-0.25, -0.2) is 13.2 Å². The number of amides is 1. The summed E-state index contributed by atoms with van der Waals surface area (Å²) in [5.74, 6) is -1.51. The number of carbonyl (C=O) groups excluding carboxylic acids is 2. The number of methoxy groups -OCH3 is 1. The molecule has 8 heteroatoms. The van der Waals surface area contributed by atoms with Crippen molar-refractivity contribution in [2.75, 3.05) is 18.7 Å². The molecule has 0 fully saturated rings. The van der Waals surface area contributed by atoms with Gasteiger partial charge in [0.1, 0.15) is 5.58 Å². The summed E-state index contributed by atoms with van der Waals surface area (Å²) in [5.41, 5.74) is 2.98. The van der Waals surface area contributed by atoms with Crippen LogP contribution in [0.5, 0.6) is 0 Å². The number of benzene rings is 2. The first-order chi connectivity index (χ1) is 13.6. The molecule has 0 aliphatic heterocycles. The van der Waals surface area contributed by atoms with Gasteiger partial charge in [-0.05, 0) is 43.2 Å². The summed E-state index contributed by atoms with van der Waals surface area (Å²) in [5, 5.41) is 3.27. The average Bonchev–Trinajstić information content (AvgIpc) is 3.01. The Labute approximate surface area is 168 Å². The van der Waals surface area contributed by atoms with Crippen LogP contribution in [0.3, 0.4) is 0 Å². The molecule has 1 N–H and O–H groups in total. The predicted octanol–water partition coefficient (Wildman–Crippen LogP) is 3.63. The van der Waals surface area contributed by atoms with Crippen molar-refractivity contribution in [1.82, 2.24) is 0 Å². The molecule has 0 aliphatic carbocycles. The van der Waals surface area contributed by atoms with Crippen molar-refractivity contribution in [3.8, 4) is 0 Å². The van der Waals surface area contributed by atoms with Crippen LogP contribution in [0, 0.1) is 13.8 Å². The number of carbonyl (C=O) groups is 2. The summed E-state index contributed by atoms with van der Waals surface area (Å²) in [4.78, 5) is 24.9. The molecule has 0 saturated carbocycles. The third-order valence-electron chi connectivity index (χ3n) is 4.64. The van der Waals surface area contributed by atoms with Crippen molar-refractivity contribution in [1.29, 1.82) is 0 Å². The zero-order valence-electron chi connectivity index (χ0n) is 16.5. The molecule has 1 aromatic heterocycles. The lowest BCUT2D eigenvalue weighted by atomic mass is 10.0. The molecule has 1 heterocycles. The first kappa shape index (κ1) is 20.6. The SMILES string of the molecule is COC(=O)c1cc(NC(=O)c2oc3ccccc3c2CS(C)(=O)=O)cc(C)c1C. The molecule has 2 aromatic carbocycles. The van der Waals surface area contributed by atoms with Crippen LogP contribution in [-0.4, -0.2) is 33.7 Å². The quantitative estimate of drug-likeness (QED) is 0.638. The van der Waals surface area contributed by atoms with Crippen LogP contribution in [0.4, 0.5) is 5.69 Å². The Bertz CT molecular complexity index is 1220. The fraction of sp³-hybridized carbons (Fsp3) is 0.238. The molecule has 3 rings (SSSR count). The number of esters is 1. The van der Waals surface area contributed by atoms with Gasteiger partial charge in [0.05, 0.1) is 18.4 Å². The van der Waals surface area contributed by atoms with E-state index in [4.69, 9.17) is 9.15 Å². The molecule has 29 heavy (non-hydrogen) atoms. The number of hydrogen-bond donors (Lipinski definition) is 1.